The number of aliphatic imine (C=N–C) groups is 1. The zero-order valence-electron chi connectivity index (χ0n) is 13.7. The fourth-order valence-electron chi connectivity index (χ4n) is 1.98. The summed E-state index contributed by atoms with van der Waals surface area (Å²) in [4.78, 5) is 6.05. The molecule has 2 rings (SSSR count). The molecule has 4 nitrogen and oxygen atoms in total. The maximum atomic E-state index is 5.35. The molecule has 1 atom stereocenters. The SMILES string of the molecule is CCC(C)NC(=NCCc1cccs1)NCCc1ccco1.I. The van der Waals surface area contributed by atoms with Crippen LogP contribution in [0.4, 0.5) is 0 Å². The quantitative estimate of drug-likeness (QED) is 0.364. The molecule has 0 aliphatic rings. The Balaban J connectivity index is 0.00000264. The maximum absolute atomic E-state index is 5.35. The number of hydrogen-bond acceptors (Lipinski definition) is 3. The third kappa shape index (κ3) is 7.87. The average molecular weight is 447 g/mol. The minimum atomic E-state index is 0. The van der Waals surface area contributed by atoms with Crippen LogP contribution in [0.3, 0.4) is 0 Å². The first-order valence-electron chi connectivity index (χ1n) is 7.87. The minimum absolute atomic E-state index is 0. The van der Waals surface area contributed by atoms with Gasteiger partial charge in [-0.2, -0.15) is 0 Å². The lowest BCUT2D eigenvalue weighted by molar-refractivity contribution is 0.506. The zero-order chi connectivity index (χ0) is 15.6. The van der Waals surface area contributed by atoms with Crippen LogP contribution in [0.5, 0.6) is 0 Å². The Morgan fingerprint density at radius 1 is 1.30 bits per heavy atom. The summed E-state index contributed by atoms with van der Waals surface area (Å²) in [6, 6.07) is 8.58. The van der Waals surface area contributed by atoms with Gasteiger partial charge in [0.1, 0.15) is 5.76 Å². The van der Waals surface area contributed by atoms with Crippen molar-refractivity contribution in [3.8, 4) is 0 Å². The van der Waals surface area contributed by atoms with Crippen LogP contribution >= 0.6 is 35.3 Å². The van der Waals surface area contributed by atoms with E-state index in [1.54, 1.807) is 17.6 Å². The van der Waals surface area contributed by atoms with Gasteiger partial charge >= 0.3 is 0 Å². The normalized spacial score (nSPS) is 12.5. The van der Waals surface area contributed by atoms with Crippen molar-refractivity contribution in [3.05, 3.63) is 46.5 Å². The Labute approximate surface area is 159 Å². The van der Waals surface area contributed by atoms with Gasteiger partial charge in [-0.15, -0.1) is 35.3 Å². The maximum Gasteiger partial charge on any atom is 0.191 e. The number of nitrogens with zero attached hydrogens (tertiary/aromatic N) is 1. The van der Waals surface area contributed by atoms with Crippen molar-refractivity contribution >= 4 is 41.3 Å². The molecule has 128 valence electrons. The van der Waals surface area contributed by atoms with Gasteiger partial charge in [-0.05, 0) is 36.9 Å². The van der Waals surface area contributed by atoms with Gasteiger partial charge in [0.25, 0.3) is 0 Å². The van der Waals surface area contributed by atoms with Crippen LogP contribution in [0.1, 0.15) is 30.9 Å². The Morgan fingerprint density at radius 3 is 2.83 bits per heavy atom. The summed E-state index contributed by atoms with van der Waals surface area (Å²) < 4.78 is 5.35. The molecule has 0 bridgehead atoms. The number of thiophene rings is 1. The standard InChI is InChI=1S/C17H25N3OS.HI/c1-3-14(2)20-17(18-10-8-15-6-4-12-21-15)19-11-9-16-7-5-13-22-16;/h4-7,12-14H,3,8-11H2,1-2H3,(H2,18,19,20);1H. The molecule has 23 heavy (non-hydrogen) atoms. The average Bonchev–Trinajstić information content (AvgIpc) is 3.20. The van der Waals surface area contributed by atoms with Gasteiger partial charge < -0.3 is 15.1 Å². The highest BCUT2D eigenvalue weighted by atomic mass is 127. The molecule has 2 N–H and O–H groups in total. The molecule has 1 unspecified atom stereocenters. The molecular formula is C17H26IN3OS. The van der Waals surface area contributed by atoms with Gasteiger partial charge in [-0.25, -0.2) is 0 Å². The van der Waals surface area contributed by atoms with E-state index in [4.69, 9.17) is 4.42 Å². The summed E-state index contributed by atoms with van der Waals surface area (Å²) in [7, 11) is 0. The highest BCUT2D eigenvalue weighted by Gasteiger charge is 2.04. The fraction of sp³-hybridized carbons (Fsp3) is 0.471. The van der Waals surface area contributed by atoms with E-state index in [-0.39, 0.29) is 24.0 Å². The van der Waals surface area contributed by atoms with Crippen molar-refractivity contribution < 1.29 is 4.42 Å². The van der Waals surface area contributed by atoms with Crippen molar-refractivity contribution in [1.29, 1.82) is 0 Å². The lowest BCUT2D eigenvalue weighted by Gasteiger charge is -2.16. The molecule has 0 aromatic carbocycles. The van der Waals surface area contributed by atoms with Crippen LogP contribution in [0, 0.1) is 0 Å². The predicted octanol–water partition coefficient (Wildman–Crippen LogP) is 4.08. The van der Waals surface area contributed by atoms with E-state index in [0.29, 0.717) is 6.04 Å². The van der Waals surface area contributed by atoms with E-state index < -0.39 is 0 Å². The number of hydrogen-bond donors (Lipinski definition) is 2. The van der Waals surface area contributed by atoms with Gasteiger partial charge in [0.2, 0.25) is 0 Å². The van der Waals surface area contributed by atoms with Crippen molar-refractivity contribution in [2.45, 2.75) is 39.2 Å². The Morgan fingerprint density at radius 2 is 2.17 bits per heavy atom. The molecule has 0 fully saturated rings. The number of rotatable bonds is 8. The van der Waals surface area contributed by atoms with E-state index in [0.717, 1.165) is 44.1 Å². The van der Waals surface area contributed by atoms with Crippen LogP contribution in [0.25, 0.3) is 0 Å². The second kappa shape index (κ2) is 11.5. The first kappa shape index (κ1) is 20.0. The molecule has 2 heterocycles. The second-order valence-corrected chi connectivity index (χ2v) is 6.30. The Bertz CT molecular complexity index is 540. The third-order valence-corrected chi connectivity index (χ3v) is 4.38. The Hall–Kier alpha value is -1.02. The largest absolute Gasteiger partial charge is 0.469 e. The highest BCUT2D eigenvalue weighted by molar-refractivity contribution is 14.0. The van der Waals surface area contributed by atoms with E-state index in [2.05, 4.69) is 47.0 Å². The molecule has 0 aliphatic carbocycles. The molecular weight excluding hydrogens is 421 g/mol. The van der Waals surface area contributed by atoms with Gasteiger partial charge in [0.05, 0.1) is 6.26 Å². The zero-order valence-corrected chi connectivity index (χ0v) is 16.9. The molecule has 0 saturated heterocycles. The molecule has 0 radical (unpaired) electrons. The molecule has 2 aromatic rings. The van der Waals surface area contributed by atoms with E-state index >= 15 is 0 Å². The highest BCUT2D eigenvalue weighted by Crippen LogP contribution is 2.08. The number of nitrogens with one attached hydrogen (secondary N) is 2. The summed E-state index contributed by atoms with van der Waals surface area (Å²) in [5, 5.41) is 8.93. The summed E-state index contributed by atoms with van der Waals surface area (Å²) in [6.07, 6.45) is 4.63. The van der Waals surface area contributed by atoms with Gasteiger partial charge in [0.15, 0.2) is 5.96 Å². The van der Waals surface area contributed by atoms with Crippen molar-refractivity contribution in [2.24, 2.45) is 4.99 Å². The summed E-state index contributed by atoms with van der Waals surface area (Å²) in [5.74, 6) is 1.88. The fourth-order valence-corrected chi connectivity index (χ4v) is 2.68. The minimum Gasteiger partial charge on any atom is -0.469 e. The van der Waals surface area contributed by atoms with Crippen molar-refractivity contribution in [3.63, 3.8) is 0 Å². The summed E-state index contributed by atoms with van der Waals surface area (Å²) in [5.41, 5.74) is 0. The first-order chi connectivity index (χ1) is 10.8. The van der Waals surface area contributed by atoms with Crippen LogP contribution in [-0.2, 0) is 12.8 Å². The summed E-state index contributed by atoms with van der Waals surface area (Å²) in [6.45, 7) is 5.95. The summed E-state index contributed by atoms with van der Waals surface area (Å²) >= 11 is 1.79. The van der Waals surface area contributed by atoms with Gasteiger partial charge in [-0.1, -0.05) is 13.0 Å². The predicted molar refractivity (Wildman–Crippen MR) is 109 cm³/mol. The van der Waals surface area contributed by atoms with Crippen LogP contribution < -0.4 is 10.6 Å². The Kier molecular flexibility index (Phi) is 10.0. The van der Waals surface area contributed by atoms with Gasteiger partial charge in [-0.3, -0.25) is 4.99 Å². The molecule has 6 heteroatoms. The van der Waals surface area contributed by atoms with E-state index in [9.17, 15) is 0 Å². The lowest BCUT2D eigenvalue weighted by Crippen LogP contribution is -2.43. The van der Waals surface area contributed by atoms with Crippen molar-refractivity contribution in [1.82, 2.24) is 10.6 Å². The molecule has 0 saturated carbocycles. The van der Waals surface area contributed by atoms with Crippen LogP contribution in [0.2, 0.25) is 0 Å². The number of halogens is 1. The third-order valence-electron chi connectivity index (χ3n) is 3.45. The smallest absolute Gasteiger partial charge is 0.191 e. The number of guanidine groups is 1. The van der Waals surface area contributed by atoms with Crippen molar-refractivity contribution in [2.75, 3.05) is 13.1 Å². The molecule has 0 amide bonds. The monoisotopic (exact) mass is 447 g/mol. The topological polar surface area (TPSA) is 49.6 Å². The van der Waals surface area contributed by atoms with Gasteiger partial charge in [0, 0.05) is 36.9 Å². The van der Waals surface area contributed by atoms with E-state index in [1.165, 1.54) is 4.88 Å². The lowest BCUT2D eigenvalue weighted by atomic mass is 10.3. The van der Waals surface area contributed by atoms with Crippen LogP contribution in [-0.4, -0.2) is 25.1 Å². The number of furan rings is 1. The molecule has 0 aliphatic heterocycles. The van der Waals surface area contributed by atoms with E-state index in [1.807, 2.05) is 12.1 Å². The van der Waals surface area contributed by atoms with Crippen LogP contribution in [0.15, 0.2) is 45.3 Å². The molecule has 2 aromatic heterocycles. The molecule has 0 spiro atoms. The second-order valence-electron chi connectivity index (χ2n) is 5.27. The first-order valence-corrected chi connectivity index (χ1v) is 8.75.